The van der Waals surface area contributed by atoms with Gasteiger partial charge < -0.3 is 18.9 Å². The number of nitrogens with one attached hydrogen (secondary N) is 1. The highest BCUT2D eigenvalue weighted by Gasteiger charge is 2.37. The molecule has 1 aliphatic carbocycles. The molecule has 0 amide bonds. The maximum absolute atomic E-state index is 13.1. The van der Waals surface area contributed by atoms with Gasteiger partial charge in [0.05, 0.1) is 36.1 Å². The van der Waals surface area contributed by atoms with E-state index in [0.29, 0.717) is 28.6 Å². The second kappa shape index (κ2) is 7.61. The van der Waals surface area contributed by atoms with Gasteiger partial charge in [-0.1, -0.05) is 31.0 Å². The van der Waals surface area contributed by atoms with E-state index in [4.69, 9.17) is 23.9 Å². The zero-order valence-electron chi connectivity index (χ0n) is 17.3. The zero-order chi connectivity index (χ0) is 20.8. The summed E-state index contributed by atoms with van der Waals surface area (Å²) in [6.45, 7) is 2.10. The number of aliphatic imine (C=N–C) groups is 1. The summed E-state index contributed by atoms with van der Waals surface area (Å²) in [5, 5.41) is 3.69. The van der Waals surface area contributed by atoms with Gasteiger partial charge in [0.25, 0.3) is 5.56 Å². The number of methoxy groups -OCH3 is 2. The Balaban J connectivity index is 1.68. The summed E-state index contributed by atoms with van der Waals surface area (Å²) in [6, 6.07) is 2.17. The normalized spacial score (nSPS) is 20.6. The van der Waals surface area contributed by atoms with E-state index >= 15 is 0 Å². The molecule has 0 bridgehead atoms. The molecule has 5 rings (SSSR count). The van der Waals surface area contributed by atoms with E-state index in [1.807, 2.05) is 17.7 Å². The lowest BCUT2D eigenvalue weighted by Gasteiger charge is -2.27. The Bertz CT molecular complexity index is 1070. The van der Waals surface area contributed by atoms with Gasteiger partial charge in [-0.15, -0.1) is 0 Å². The van der Waals surface area contributed by atoms with Crippen LogP contribution in [0.5, 0.6) is 23.0 Å². The average Bonchev–Trinajstić information content (AvgIpc) is 3.36. The number of rotatable bonds is 4. The Kier molecular flexibility index (Phi) is 4.92. The maximum atomic E-state index is 13.1. The van der Waals surface area contributed by atoms with Gasteiger partial charge in [-0.05, 0) is 25.8 Å². The van der Waals surface area contributed by atoms with Gasteiger partial charge in [0.1, 0.15) is 0 Å². The minimum Gasteiger partial charge on any atom is -0.492 e. The number of H-pyrrole nitrogens is 1. The summed E-state index contributed by atoms with van der Waals surface area (Å²) in [7, 11) is 3.17. The Morgan fingerprint density at radius 3 is 2.67 bits per heavy atom. The molecule has 1 saturated carbocycles. The fourth-order valence-corrected chi connectivity index (χ4v) is 5.75. The molecule has 1 fully saturated rings. The number of hydrogen-bond acceptors (Lipinski definition) is 7. The first-order valence-electron chi connectivity index (χ1n) is 10.2. The number of thioether (sulfide) groups is 1. The molecular weight excluding hydrogens is 406 g/mol. The molecule has 0 spiro atoms. The predicted molar refractivity (Wildman–Crippen MR) is 115 cm³/mol. The molecule has 8 nitrogen and oxygen atoms in total. The van der Waals surface area contributed by atoms with Gasteiger partial charge in [0.15, 0.2) is 17.3 Å². The van der Waals surface area contributed by atoms with Crippen molar-refractivity contribution in [2.75, 3.05) is 21.0 Å². The molecule has 1 N–H and O–H groups in total. The maximum Gasteiger partial charge on any atom is 0.271 e. The van der Waals surface area contributed by atoms with E-state index < -0.39 is 0 Å². The smallest absolute Gasteiger partial charge is 0.271 e. The number of ether oxygens (including phenoxy) is 4. The number of benzene rings is 1. The Hall–Kier alpha value is -2.55. The van der Waals surface area contributed by atoms with E-state index in [-0.39, 0.29) is 23.6 Å². The highest BCUT2D eigenvalue weighted by Crippen LogP contribution is 2.55. The highest BCUT2D eigenvalue weighted by molar-refractivity contribution is 8.14. The molecule has 1 atom stereocenters. The van der Waals surface area contributed by atoms with Crippen LogP contribution in [0.4, 0.5) is 5.82 Å². The van der Waals surface area contributed by atoms with Crippen LogP contribution in [0, 0.1) is 0 Å². The summed E-state index contributed by atoms with van der Waals surface area (Å²) in [6.07, 6.45) is 5.72. The number of nitrogens with zero attached hydrogens (tertiary/aromatic N) is 2. The third-order valence-corrected chi connectivity index (χ3v) is 7.14. The van der Waals surface area contributed by atoms with Gasteiger partial charge >= 0.3 is 0 Å². The van der Waals surface area contributed by atoms with Crippen LogP contribution in [-0.2, 0) is 0 Å². The van der Waals surface area contributed by atoms with Gasteiger partial charge in [0.2, 0.25) is 18.3 Å². The van der Waals surface area contributed by atoms with Crippen molar-refractivity contribution in [1.82, 2.24) is 9.78 Å². The molecule has 30 heavy (non-hydrogen) atoms. The van der Waals surface area contributed by atoms with Crippen molar-refractivity contribution in [3.63, 3.8) is 0 Å². The first kappa shape index (κ1) is 19.4. The Morgan fingerprint density at radius 1 is 1.17 bits per heavy atom. The van der Waals surface area contributed by atoms with Crippen LogP contribution < -0.4 is 24.5 Å². The van der Waals surface area contributed by atoms with Gasteiger partial charge in [-0.2, -0.15) is 0 Å². The second-order valence-electron chi connectivity index (χ2n) is 7.73. The predicted octanol–water partition coefficient (Wildman–Crippen LogP) is 4.31. The molecule has 0 saturated heterocycles. The molecule has 9 heteroatoms. The molecule has 1 aromatic carbocycles. The highest BCUT2D eigenvalue weighted by atomic mass is 32.2. The van der Waals surface area contributed by atoms with Crippen molar-refractivity contribution in [2.45, 2.75) is 50.3 Å². The van der Waals surface area contributed by atoms with E-state index in [2.05, 4.69) is 5.10 Å². The van der Waals surface area contributed by atoms with E-state index in [0.717, 1.165) is 29.3 Å². The Labute approximate surface area is 178 Å². The van der Waals surface area contributed by atoms with E-state index in [1.54, 1.807) is 14.2 Å². The van der Waals surface area contributed by atoms with Crippen LogP contribution in [0.1, 0.15) is 61.4 Å². The molecule has 160 valence electrons. The van der Waals surface area contributed by atoms with Crippen LogP contribution in [0.3, 0.4) is 0 Å². The minimum absolute atomic E-state index is 0.108. The lowest BCUT2D eigenvalue weighted by molar-refractivity contribution is 0.170. The van der Waals surface area contributed by atoms with Gasteiger partial charge in [-0.3, -0.25) is 14.6 Å². The number of hydrogen-bond donors (Lipinski definition) is 1. The Morgan fingerprint density at radius 2 is 1.93 bits per heavy atom. The van der Waals surface area contributed by atoms with Crippen molar-refractivity contribution in [3.8, 4) is 23.0 Å². The quantitative estimate of drug-likeness (QED) is 0.776. The fourth-order valence-electron chi connectivity index (χ4n) is 4.64. The van der Waals surface area contributed by atoms with Gasteiger partial charge in [-0.25, -0.2) is 4.99 Å². The zero-order valence-corrected chi connectivity index (χ0v) is 18.1. The summed E-state index contributed by atoms with van der Waals surface area (Å²) in [5.74, 6) is 2.87. The average molecular weight is 432 g/mol. The molecule has 2 aliphatic heterocycles. The van der Waals surface area contributed by atoms with Crippen LogP contribution in [0.25, 0.3) is 0 Å². The first-order chi connectivity index (χ1) is 14.6. The second-order valence-corrected chi connectivity index (χ2v) is 9.03. The molecular formula is C21H25N3O5S. The van der Waals surface area contributed by atoms with Crippen molar-refractivity contribution >= 4 is 22.6 Å². The van der Waals surface area contributed by atoms with Crippen molar-refractivity contribution in [3.05, 3.63) is 27.5 Å². The molecule has 1 aromatic heterocycles. The minimum atomic E-state index is -0.288. The third kappa shape index (κ3) is 2.98. The fraction of sp³-hybridized carbons (Fsp3) is 0.524. The van der Waals surface area contributed by atoms with Crippen molar-refractivity contribution in [2.24, 2.45) is 4.99 Å². The van der Waals surface area contributed by atoms with Crippen LogP contribution in [0.15, 0.2) is 15.9 Å². The van der Waals surface area contributed by atoms with Crippen LogP contribution in [0.2, 0.25) is 0 Å². The van der Waals surface area contributed by atoms with E-state index in [1.165, 1.54) is 31.0 Å². The topological polar surface area (TPSA) is 87.1 Å². The summed E-state index contributed by atoms with van der Waals surface area (Å²) < 4.78 is 24.5. The van der Waals surface area contributed by atoms with Crippen LogP contribution in [-0.4, -0.2) is 35.8 Å². The lowest BCUT2D eigenvalue weighted by atomic mass is 9.95. The standard InChI is InChI=1S/C21H25N3O5S/c1-11-22-20-15(21(25)23-24(20)12-7-5-4-6-8-12)19(30-11)13-9-14-17(29-10-28-14)18(27-3)16(13)26-2/h9,12,19H,4-8,10H2,1-3H3,(H,23,25). The molecule has 1 unspecified atom stereocenters. The summed E-state index contributed by atoms with van der Waals surface area (Å²) in [4.78, 5) is 17.9. The third-order valence-electron chi connectivity index (χ3n) is 5.98. The number of aromatic amines is 1. The number of aromatic nitrogens is 2. The van der Waals surface area contributed by atoms with Crippen LogP contribution >= 0.6 is 11.8 Å². The van der Waals surface area contributed by atoms with Gasteiger partial charge in [0, 0.05) is 5.56 Å². The number of fused-ring (bicyclic) bond motifs is 2. The monoisotopic (exact) mass is 431 g/mol. The molecule has 3 aliphatic rings. The van der Waals surface area contributed by atoms with Crippen molar-refractivity contribution in [1.29, 1.82) is 0 Å². The lowest BCUT2D eigenvalue weighted by Crippen LogP contribution is -2.16. The van der Waals surface area contributed by atoms with Crippen molar-refractivity contribution < 1.29 is 18.9 Å². The first-order valence-corrected chi connectivity index (χ1v) is 11.1. The summed E-state index contributed by atoms with van der Waals surface area (Å²) >= 11 is 1.54. The largest absolute Gasteiger partial charge is 0.492 e. The molecule has 2 aromatic rings. The summed E-state index contributed by atoms with van der Waals surface area (Å²) in [5.41, 5.74) is 1.35. The van der Waals surface area contributed by atoms with E-state index in [9.17, 15) is 4.79 Å². The molecule has 3 heterocycles. The SMILES string of the molecule is COc1c(C2SC(C)=Nc3c2c(=O)[nH]n3C2CCCCC2)cc2c(c1OC)OCO2. The molecule has 0 radical (unpaired) electrons.